The van der Waals surface area contributed by atoms with Gasteiger partial charge in [0.15, 0.2) is 23.1 Å². The van der Waals surface area contributed by atoms with Crippen LogP contribution < -0.4 is 9.47 Å². The van der Waals surface area contributed by atoms with Crippen LogP contribution in [0.3, 0.4) is 0 Å². The van der Waals surface area contributed by atoms with Gasteiger partial charge in [0.1, 0.15) is 34.5 Å². The highest BCUT2D eigenvalue weighted by atomic mass is 16.5. The van der Waals surface area contributed by atoms with Gasteiger partial charge in [-0.3, -0.25) is 19.2 Å². The van der Waals surface area contributed by atoms with Crippen LogP contribution in [0.1, 0.15) is 31.8 Å². The molecule has 2 aromatic carbocycles. The number of aliphatic hydroxyl groups is 4. The molecule has 6 aliphatic carbocycles. The van der Waals surface area contributed by atoms with Crippen LogP contribution in [0.4, 0.5) is 0 Å². The van der Waals surface area contributed by atoms with Gasteiger partial charge in [0.2, 0.25) is 0 Å². The van der Waals surface area contributed by atoms with E-state index in [2.05, 4.69) is 0 Å². The number of carbonyl (C=O) groups excluding carboxylic acids is 4. The Morgan fingerprint density at radius 3 is 1.81 bits per heavy atom. The standard InChI is InChI=1S/C30H22O12/c1-41-8-5-10-13(11(32)6-8)22(34)18-26(38)20-23(35)15-16-24(36)19(29(15,18)27(10)39)25(37)17-21(33)9-3-7(31)4-12(42-2)14(9)28(40)30(16,17)20/h3-6,15-16,19-20,23-24,31-36H,1-2H3. The van der Waals surface area contributed by atoms with E-state index >= 15 is 0 Å². The zero-order chi connectivity index (χ0) is 29.9. The van der Waals surface area contributed by atoms with Crippen molar-refractivity contribution in [3.05, 3.63) is 57.7 Å². The lowest BCUT2D eigenvalue weighted by Crippen LogP contribution is -2.65. The Labute approximate surface area is 235 Å². The van der Waals surface area contributed by atoms with E-state index in [0.717, 1.165) is 18.2 Å². The van der Waals surface area contributed by atoms with Crippen LogP contribution in [0.2, 0.25) is 0 Å². The van der Waals surface area contributed by atoms with E-state index in [1.54, 1.807) is 0 Å². The van der Waals surface area contributed by atoms with Gasteiger partial charge < -0.3 is 40.1 Å². The molecule has 0 aromatic heterocycles. The van der Waals surface area contributed by atoms with Gasteiger partial charge in [0, 0.05) is 35.1 Å². The summed E-state index contributed by atoms with van der Waals surface area (Å²) >= 11 is 0. The molecule has 12 nitrogen and oxygen atoms in total. The van der Waals surface area contributed by atoms with E-state index in [-0.39, 0.29) is 33.8 Å². The van der Waals surface area contributed by atoms with Crippen molar-refractivity contribution in [2.24, 2.45) is 34.5 Å². The summed E-state index contributed by atoms with van der Waals surface area (Å²) in [6, 6.07) is 4.50. The van der Waals surface area contributed by atoms with Crippen molar-refractivity contribution in [1.29, 1.82) is 0 Å². The molecule has 4 bridgehead atoms. The van der Waals surface area contributed by atoms with Crippen LogP contribution in [0.15, 0.2) is 35.4 Å². The molecule has 0 heterocycles. The molecule has 0 amide bonds. The summed E-state index contributed by atoms with van der Waals surface area (Å²) in [4.78, 5) is 58.3. The van der Waals surface area contributed by atoms with E-state index in [0.29, 0.717) is 0 Å². The molecule has 4 saturated carbocycles. The maximum absolute atomic E-state index is 14.7. The van der Waals surface area contributed by atoms with Crippen LogP contribution in [0, 0.1) is 34.5 Å². The Kier molecular flexibility index (Phi) is 4.30. The Morgan fingerprint density at radius 1 is 0.667 bits per heavy atom. The molecule has 214 valence electrons. The molecule has 6 N–H and O–H groups in total. The molecule has 2 spiro atoms. The van der Waals surface area contributed by atoms with Gasteiger partial charge in [-0.2, -0.15) is 0 Å². The van der Waals surface area contributed by atoms with E-state index in [9.17, 15) is 49.8 Å². The van der Waals surface area contributed by atoms with Crippen molar-refractivity contribution >= 4 is 34.7 Å². The largest absolute Gasteiger partial charge is 0.508 e. The summed E-state index contributed by atoms with van der Waals surface area (Å²) < 4.78 is 10.5. The number of hydrogen-bond acceptors (Lipinski definition) is 12. The molecule has 0 saturated heterocycles. The fourth-order valence-electron chi connectivity index (χ4n) is 9.44. The average Bonchev–Trinajstić information content (AvgIpc) is 3.31. The molecule has 42 heavy (non-hydrogen) atoms. The third-order valence-electron chi connectivity index (χ3n) is 10.5. The first-order chi connectivity index (χ1) is 19.9. The highest BCUT2D eigenvalue weighted by Gasteiger charge is 2.89. The molecule has 0 radical (unpaired) electrons. The minimum Gasteiger partial charge on any atom is -0.508 e. The zero-order valence-corrected chi connectivity index (χ0v) is 21.9. The molecule has 0 aliphatic heterocycles. The summed E-state index contributed by atoms with van der Waals surface area (Å²) in [5.74, 6) is -12.9. The summed E-state index contributed by atoms with van der Waals surface area (Å²) in [5.41, 5.74) is -6.94. The number of benzene rings is 2. The molecule has 8 atom stereocenters. The summed E-state index contributed by atoms with van der Waals surface area (Å²) in [6.07, 6.45) is -3.49. The third-order valence-corrected chi connectivity index (χ3v) is 10.5. The number of hydrogen-bond donors (Lipinski definition) is 6. The quantitative estimate of drug-likeness (QED) is 0.298. The molecular weight excluding hydrogens is 552 g/mol. The monoisotopic (exact) mass is 574 g/mol. The topological polar surface area (TPSA) is 208 Å². The van der Waals surface area contributed by atoms with Crippen LogP contribution >= 0.6 is 0 Å². The number of phenols is 2. The van der Waals surface area contributed by atoms with E-state index in [4.69, 9.17) is 9.47 Å². The molecule has 2 aromatic rings. The molecule has 8 unspecified atom stereocenters. The van der Waals surface area contributed by atoms with Gasteiger partial charge in [-0.1, -0.05) is 0 Å². The lowest BCUT2D eigenvalue weighted by molar-refractivity contribution is -0.142. The summed E-state index contributed by atoms with van der Waals surface area (Å²) in [5, 5.41) is 67.8. The van der Waals surface area contributed by atoms with Crippen LogP contribution in [-0.4, -0.2) is 80.2 Å². The Bertz CT molecular complexity index is 1850. The first-order valence-electron chi connectivity index (χ1n) is 13.2. The van der Waals surface area contributed by atoms with Crippen molar-refractivity contribution in [2.75, 3.05) is 14.2 Å². The van der Waals surface area contributed by atoms with Crippen LogP contribution in [-0.2, 0) is 9.59 Å². The minimum atomic E-state index is -2.32. The van der Waals surface area contributed by atoms with E-state index in [1.165, 1.54) is 20.3 Å². The second-order valence-electron chi connectivity index (χ2n) is 11.7. The molecule has 8 rings (SSSR count). The van der Waals surface area contributed by atoms with Gasteiger partial charge in [-0.15, -0.1) is 0 Å². The number of ether oxygens (including phenoxy) is 2. The molecule has 4 fully saturated rings. The fraction of sp³-hybridized carbons (Fsp3) is 0.333. The SMILES string of the molecule is COc1cc(O)c2c(c1)C(=O)C13C(=C2O)C(=O)C2C(O)C1C1C(O)C3C(=O)C3=C(O)c4cc(O)cc(OC)c4C(=O)C321. The lowest BCUT2D eigenvalue weighted by Gasteiger charge is -2.53. The van der Waals surface area contributed by atoms with Crippen molar-refractivity contribution in [3.63, 3.8) is 0 Å². The predicted octanol–water partition coefficient (Wildman–Crippen LogP) is 1.10. The highest BCUT2D eigenvalue weighted by molar-refractivity contribution is 6.31. The Morgan fingerprint density at radius 2 is 1.24 bits per heavy atom. The average molecular weight is 574 g/mol. The van der Waals surface area contributed by atoms with Gasteiger partial charge in [-0.25, -0.2) is 0 Å². The van der Waals surface area contributed by atoms with Crippen LogP contribution in [0.25, 0.3) is 11.5 Å². The van der Waals surface area contributed by atoms with Crippen molar-refractivity contribution < 1.29 is 59.3 Å². The number of allylic oxidation sites excluding steroid dienone is 2. The maximum atomic E-state index is 14.7. The number of fused-ring (bicyclic) bond motifs is 4. The highest BCUT2D eigenvalue weighted by Crippen LogP contribution is 2.80. The zero-order valence-electron chi connectivity index (χ0n) is 21.9. The first kappa shape index (κ1) is 25.1. The smallest absolute Gasteiger partial charge is 0.179 e. The van der Waals surface area contributed by atoms with Crippen LogP contribution in [0.5, 0.6) is 23.0 Å². The predicted molar refractivity (Wildman–Crippen MR) is 138 cm³/mol. The van der Waals surface area contributed by atoms with Gasteiger partial charge >= 0.3 is 0 Å². The van der Waals surface area contributed by atoms with Gasteiger partial charge in [0.05, 0.1) is 71.4 Å². The Hall–Kier alpha value is -4.68. The van der Waals surface area contributed by atoms with Gasteiger partial charge in [-0.05, 0) is 12.1 Å². The number of carbonyl (C=O) groups is 4. The number of rotatable bonds is 2. The molecule has 12 heteroatoms. The Balaban J connectivity index is 1.53. The molecule has 6 aliphatic rings. The van der Waals surface area contributed by atoms with Crippen molar-refractivity contribution in [3.8, 4) is 23.0 Å². The number of ketones is 4. The molecular formula is C30H22O12. The van der Waals surface area contributed by atoms with E-state index < -0.39 is 104 Å². The first-order valence-corrected chi connectivity index (χ1v) is 13.2. The van der Waals surface area contributed by atoms with Crippen molar-refractivity contribution in [2.45, 2.75) is 12.2 Å². The number of aromatic hydroxyl groups is 2. The summed E-state index contributed by atoms with van der Waals surface area (Å²) in [7, 11) is 2.48. The number of methoxy groups -OCH3 is 2. The van der Waals surface area contributed by atoms with Gasteiger partial charge in [0.25, 0.3) is 0 Å². The number of aliphatic hydroxyl groups excluding tert-OH is 4. The number of phenolic OH excluding ortho intramolecular Hbond substituents is 2. The van der Waals surface area contributed by atoms with E-state index in [1.807, 2.05) is 0 Å². The maximum Gasteiger partial charge on any atom is 0.179 e. The normalized spacial score (nSPS) is 36.7. The fourth-order valence-corrected chi connectivity index (χ4v) is 9.44. The summed E-state index contributed by atoms with van der Waals surface area (Å²) in [6.45, 7) is 0. The minimum absolute atomic E-state index is 0.0232. The third kappa shape index (κ3) is 2.14. The lowest BCUT2D eigenvalue weighted by atomic mass is 9.46. The number of Topliss-reactive ketones (excluding diaryl/α,β-unsaturated/α-hetero) is 4. The second-order valence-corrected chi connectivity index (χ2v) is 11.7. The second kappa shape index (κ2) is 7.20. The van der Waals surface area contributed by atoms with Crippen molar-refractivity contribution in [1.82, 2.24) is 0 Å².